The second-order valence-electron chi connectivity index (χ2n) is 2.64. The Labute approximate surface area is 72.2 Å². The van der Waals surface area contributed by atoms with Gasteiger partial charge in [0.2, 0.25) is 0 Å². The van der Waals surface area contributed by atoms with Crippen LogP contribution in [-0.4, -0.2) is 12.1 Å². The van der Waals surface area contributed by atoms with E-state index in [2.05, 4.69) is 6.58 Å². The minimum absolute atomic E-state index is 0.694. The molecule has 0 bridgehead atoms. The monoisotopic (exact) mass is 163 g/mol. The van der Waals surface area contributed by atoms with Gasteiger partial charge in [0, 0.05) is 18.3 Å². The van der Waals surface area contributed by atoms with Crippen molar-refractivity contribution >= 4 is 11.4 Å². The first kappa shape index (κ1) is 8.62. The van der Waals surface area contributed by atoms with Crippen LogP contribution in [0.25, 0.3) is 5.70 Å². The predicted molar refractivity (Wildman–Crippen MR) is 51.8 cm³/mol. The summed E-state index contributed by atoms with van der Waals surface area (Å²) in [5, 5.41) is 1.45. The van der Waals surface area contributed by atoms with Gasteiger partial charge >= 0.3 is 0 Å². The van der Waals surface area contributed by atoms with Crippen LogP contribution in [0.3, 0.4) is 0 Å². The summed E-state index contributed by atoms with van der Waals surface area (Å²) in [7, 11) is 1.73. The smallest absolute Gasteiger partial charge is 0.0535 e. The number of hydrazine groups is 1. The number of nitrogens with two attached hydrogens (primary N) is 2. The number of hydrogen-bond acceptors (Lipinski definition) is 3. The molecule has 4 N–H and O–H groups in total. The van der Waals surface area contributed by atoms with Gasteiger partial charge in [0.25, 0.3) is 0 Å². The van der Waals surface area contributed by atoms with Gasteiger partial charge in [-0.25, -0.2) is 5.84 Å². The summed E-state index contributed by atoms with van der Waals surface area (Å²) in [6.07, 6.45) is 0. The van der Waals surface area contributed by atoms with Crippen LogP contribution in [-0.2, 0) is 0 Å². The van der Waals surface area contributed by atoms with E-state index in [9.17, 15) is 0 Å². The zero-order chi connectivity index (χ0) is 9.14. The maximum Gasteiger partial charge on any atom is 0.0535 e. The molecule has 1 aromatic rings. The van der Waals surface area contributed by atoms with Gasteiger partial charge in [-0.1, -0.05) is 24.8 Å². The van der Waals surface area contributed by atoms with Gasteiger partial charge < -0.3 is 10.7 Å². The van der Waals surface area contributed by atoms with Crippen molar-refractivity contribution in [1.29, 1.82) is 0 Å². The van der Waals surface area contributed by atoms with Crippen molar-refractivity contribution in [3.8, 4) is 0 Å². The van der Waals surface area contributed by atoms with E-state index < -0.39 is 0 Å². The Morgan fingerprint density at radius 3 is 2.50 bits per heavy atom. The number of hydrogen-bond donors (Lipinski definition) is 2. The highest BCUT2D eigenvalue weighted by atomic mass is 15.4. The lowest BCUT2D eigenvalue weighted by Crippen LogP contribution is -2.23. The fourth-order valence-electron chi connectivity index (χ4n) is 0.950. The highest BCUT2D eigenvalue weighted by Crippen LogP contribution is 2.19. The average Bonchev–Trinajstić information content (AvgIpc) is 2.04. The summed E-state index contributed by atoms with van der Waals surface area (Å²) in [4.78, 5) is 0. The maximum atomic E-state index is 5.72. The molecule has 0 aromatic heterocycles. The molecule has 1 rings (SSSR count). The molecule has 0 heterocycles. The molecule has 0 fully saturated rings. The molecule has 0 aliphatic carbocycles. The van der Waals surface area contributed by atoms with E-state index in [1.165, 1.54) is 5.01 Å². The molecule has 0 radical (unpaired) electrons. The standard InChI is InChI=1S/C9H13N3/c1-7(12(2)11)8-5-3-4-6-9(8)10/h3-6H,1,10-11H2,2H3. The molecule has 3 heteroatoms. The number of rotatable bonds is 2. The largest absolute Gasteiger partial charge is 0.398 e. The minimum atomic E-state index is 0.694. The van der Waals surface area contributed by atoms with E-state index in [1.54, 1.807) is 7.05 Å². The third-order valence-electron chi connectivity index (χ3n) is 1.70. The molecule has 64 valence electrons. The summed E-state index contributed by atoms with van der Waals surface area (Å²) >= 11 is 0. The van der Waals surface area contributed by atoms with Crippen molar-refractivity contribution in [1.82, 2.24) is 5.01 Å². The van der Waals surface area contributed by atoms with Crippen molar-refractivity contribution in [3.63, 3.8) is 0 Å². The topological polar surface area (TPSA) is 55.3 Å². The van der Waals surface area contributed by atoms with E-state index >= 15 is 0 Å². The molecule has 0 aliphatic rings. The highest BCUT2D eigenvalue weighted by molar-refractivity contribution is 5.71. The Hall–Kier alpha value is -1.48. The van der Waals surface area contributed by atoms with Crippen molar-refractivity contribution in [2.45, 2.75) is 0 Å². The lowest BCUT2D eigenvalue weighted by molar-refractivity contribution is 0.512. The average molecular weight is 163 g/mol. The van der Waals surface area contributed by atoms with Crippen LogP contribution in [0.2, 0.25) is 0 Å². The first-order valence-electron chi connectivity index (χ1n) is 3.65. The molecule has 0 saturated carbocycles. The number of nitrogens with zero attached hydrogens (tertiary/aromatic N) is 1. The molecular formula is C9H13N3. The third-order valence-corrected chi connectivity index (χ3v) is 1.70. The predicted octanol–water partition coefficient (Wildman–Crippen LogP) is 1.05. The van der Waals surface area contributed by atoms with Crippen molar-refractivity contribution in [2.75, 3.05) is 12.8 Å². The molecular weight excluding hydrogens is 150 g/mol. The quantitative estimate of drug-likeness (QED) is 0.389. The molecule has 0 saturated heterocycles. The number of para-hydroxylation sites is 1. The second-order valence-corrected chi connectivity index (χ2v) is 2.64. The summed E-state index contributed by atoms with van der Waals surface area (Å²) in [6, 6.07) is 7.49. The summed E-state index contributed by atoms with van der Waals surface area (Å²) in [5.74, 6) is 5.52. The fourth-order valence-corrected chi connectivity index (χ4v) is 0.950. The van der Waals surface area contributed by atoms with Gasteiger partial charge in [-0.3, -0.25) is 0 Å². The first-order chi connectivity index (χ1) is 5.63. The maximum absolute atomic E-state index is 5.72. The van der Waals surface area contributed by atoms with Gasteiger partial charge in [-0.2, -0.15) is 0 Å². The van der Waals surface area contributed by atoms with Crippen LogP contribution < -0.4 is 11.6 Å². The Kier molecular flexibility index (Phi) is 2.35. The van der Waals surface area contributed by atoms with Crippen LogP contribution in [0.1, 0.15) is 5.56 Å². The van der Waals surface area contributed by atoms with Crippen LogP contribution in [0, 0.1) is 0 Å². The van der Waals surface area contributed by atoms with Crippen LogP contribution in [0.5, 0.6) is 0 Å². The van der Waals surface area contributed by atoms with E-state index in [4.69, 9.17) is 11.6 Å². The summed E-state index contributed by atoms with van der Waals surface area (Å²) < 4.78 is 0. The molecule has 0 amide bonds. The third kappa shape index (κ3) is 1.57. The summed E-state index contributed by atoms with van der Waals surface area (Å²) in [6.45, 7) is 3.81. The fraction of sp³-hybridized carbons (Fsp3) is 0.111. The highest BCUT2D eigenvalue weighted by Gasteiger charge is 2.03. The lowest BCUT2D eigenvalue weighted by atomic mass is 10.1. The van der Waals surface area contributed by atoms with E-state index in [1.807, 2.05) is 24.3 Å². The van der Waals surface area contributed by atoms with E-state index in [0.717, 1.165) is 5.56 Å². The zero-order valence-corrected chi connectivity index (χ0v) is 7.12. The van der Waals surface area contributed by atoms with E-state index in [-0.39, 0.29) is 0 Å². The van der Waals surface area contributed by atoms with Crippen LogP contribution >= 0.6 is 0 Å². The normalized spacial score (nSPS) is 9.50. The van der Waals surface area contributed by atoms with Crippen LogP contribution in [0.15, 0.2) is 30.8 Å². The van der Waals surface area contributed by atoms with Crippen molar-refractivity contribution in [2.24, 2.45) is 5.84 Å². The second kappa shape index (κ2) is 3.28. The van der Waals surface area contributed by atoms with Crippen molar-refractivity contribution < 1.29 is 0 Å². The number of benzene rings is 1. The molecule has 1 aromatic carbocycles. The van der Waals surface area contributed by atoms with Gasteiger partial charge in [-0.15, -0.1) is 0 Å². The van der Waals surface area contributed by atoms with Crippen molar-refractivity contribution in [3.05, 3.63) is 36.4 Å². The first-order valence-corrected chi connectivity index (χ1v) is 3.65. The van der Waals surface area contributed by atoms with Gasteiger partial charge in [0.1, 0.15) is 0 Å². The SMILES string of the molecule is C=C(c1ccccc1N)N(C)N. The molecule has 12 heavy (non-hydrogen) atoms. The Morgan fingerprint density at radius 1 is 1.42 bits per heavy atom. The lowest BCUT2D eigenvalue weighted by Gasteiger charge is -2.16. The summed E-state index contributed by atoms with van der Waals surface area (Å²) in [5.41, 5.74) is 8.00. The molecule has 3 nitrogen and oxygen atoms in total. The zero-order valence-electron chi connectivity index (χ0n) is 7.12. The van der Waals surface area contributed by atoms with Gasteiger partial charge in [-0.05, 0) is 6.07 Å². The molecule has 0 unspecified atom stereocenters. The molecule has 0 atom stereocenters. The van der Waals surface area contributed by atoms with Gasteiger partial charge in [0.15, 0.2) is 0 Å². The molecule has 0 spiro atoms. The number of anilines is 1. The molecule has 0 aliphatic heterocycles. The van der Waals surface area contributed by atoms with Gasteiger partial charge in [0.05, 0.1) is 5.70 Å². The Bertz CT molecular complexity index is 292. The van der Waals surface area contributed by atoms with Crippen LogP contribution in [0.4, 0.5) is 5.69 Å². The Morgan fingerprint density at radius 2 is 2.00 bits per heavy atom. The van der Waals surface area contributed by atoms with E-state index in [0.29, 0.717) is 11.4 Å². The Balaban J connectivity index is 3.03. The minimum Gasteiger partial charge on any atom is -0.398 e. The number of nitrogen functional groups attached to an aromatic ring is 1.